The zero-order chi connectivity index (χ0) is 18.9. The van der Waals surface area contributed by atoms with Crippen molar-refractivity contribution in [1.82, 2.24) is 10.3 Å². The second kappa shape index (κ2) is 7.09. The quantitative estimate of drug-likeness (QED) is 0.771. The molecule has 1 atom stereocenters. The molecule has 3 N–H and O–H groups in total. The molecule has 5 nitrogen and oxygen atoms in total. The van der Waals surface area contributed by atoms with Gasteiger partial charge in [0, 0.05) is 34.4 Å². The van der Waals surface area contributed by atoms with Crippen LogP contribution in [-0.4, -0.2) is 22.6 Å². The molecule has 1 amide bonds. The Labute approximate surface area is 156 Å². The normalized spacial score (nSPS) is 18.8. The Morgan fingerprint density at radius 3 is 2.69 bits per heavy atom. The number of allylic oxidation sites excluding steroid dienone is 1. The number of benzene rings is 1. The summed E-state index contributed by atoms with van der Waals surface area (Å²) in [6.45, 7) is 4.03. The van der Waals surface area contributed by atoms with Gasteiger partial charge in [-0.25, -0.2) is 0 Å². The molecule has 0 fully saturated rings. The highest BCUT2D eigenvalue weighted by Gasteiger charge is 2.30. The molecule has 6 heteroatoms. The number of H-pyrrole nitrogens is 1. The van der Waals surface area contributed by atoms with Crippen molar-refractivity contribution in [3.63, 3.8) is 0 Å². The highest BCUT2D eigenvalue weighted by molar-refractivity contribution is 6.30. The van der Waals surface area contributed by atoms with Gasteiger partial charge in [-0.2, -0.15) is 0 Å². The van der Waals surface area contributed by atoms with Crippen molar-refractivity contribution >= 4 is 23.1 Å². The van der Waals surface area contributed by atoms with Gasteiger partial charge in [-0.15, -0.1) is 0 Å². The molecule has 0 saturated heterocycles. The van der Waals surface area contributed by atoms with E-state index in [1.54, 1.807) is 12.1 Å². The second-order valence-corrected chi connectivity index (χ2v) is 7.45. The van der Waals surface area contributed by atoms with Crippen LogP contribution in [0.5, 0.6) is 0 Å². The summed E-state index contributed by atoms with van der Waals surface area (Å²) in [7, 11) is 0. The van der Waals surface area contributed by atoms with Crippen LogP contribution in [-0.2, 0) is 13.0 Å². The topological polar surface area (TPSA) is 82.2 Å². The van der Waals surface area contributed by atoms with Crippen molar-refractivity contribution in [3.05, 3.63) is 74.2 Å². The van der Waals surface area contributed by atoms with Crippen molar-refractivity contribution in [3.8, 4) is 0 Å². The lowest BCUT2D eigenvalue weighted by molar-refractivity contribution is 0.0949. The third-order valence-electron chi connectivity index (χ3n) is 4.69. The van der Waals surface area contributed by atoms with Gasteiger partial charge in [0.15, 0.2) is 5.43 Å². The van der Waals surface area contributed by atoms with Gasteiger partial charge in [-0.3, -0.25) is 9.59 Å². The van der Waals surface area contributed by atoms with E-state index in [1.807, 2.05) is 32.1 Å². The fourth-order valence-electron chi connectivity index (χ4n) is 3.29. The Balaban J connectivity index is 1.85. The molecule has 1 aliphatic rings. The fourth-order valence-corrected chi connectivity index (χ4v) is 3.42. The van der Waals surface area contributed by atoms with Gasteiger partial charge in [0.1, 0.15) is 5.56 Å². The summed E-state index contributed by atoms with van der Waals surface area (Å²) in [6.07, 6.45) is 3.81. The predicted octanol–water partition coefficient (Wildman–Crippen LogP) is 2.92. The molecule has 1 aromatic carbocycles. The molecule has 1 aromatic heterocycles. The van der Waals surface area contributed by atoms with Gasteiger partial charge in [-0.1, -0.05) is 36.7 Å². The minimum absolute atomic E-state index is 0.0593. The number of aromatic amines is 1. The summed E-state index contributed by atoms with van der Waals surface area (Å²) in [6, 6.07) is 7.14. The number of hydrogen-bond donors (Lipinski definition) is 3. The van der Waals surface area contributed by atoms with E-state index in [1.165, 1.54) is 6.20 Å². The van der Waals surface area contributed by atoms with E-state index in [4.69, 9.17) is 11.6 Å². The lowest BCUT2D eigenvalue weighted by Gasteiger charge is -2.30. The lowest BCUT2D eigenvalue weighted by atomic mass is 9.77. The number of aliphatic hydroxyl groups is 1. The van der Waals surface area contributed by atoms with Crippen molar-refractivity contribution in [2.45, 2.75) is 26.8 Å². The molecule has 2 aromatic rings. The molecular formula is C20H21ClN2O3. The molecule has 0 spiro atoms. The second-order valence-electron chi connectivity index (χ2n) is 7.01. The summed E-state index contributed by atoms with van der Waals surface area (Å²) >= 11 is 5.85. The van der Waals surface area contributed by atoms with Crippen LogP contribution in [0.4, 0.5) is 0 Å². The molecule has 1 aliphatic carbocycles. The first-order valence-electron chi connectivity index (χ1n) is 8.41. The van der Waals surface area contributed by atoms with E-state index < -0.39 is 11.3 Å². The average molecular weight is 373 g/mol. The zero-order valence-electron chi connectivity index (χ0n) is 14.7. The minimum Gasteiger partial charge on any atom is -0.395 e. The van der Waals surface area contributed by atoms with Gasteiger partial charge in [0.2, 0.25) is 0 Å². The minimum atomic E-state index is -0.498. The van der Waals surface area contributed by atoms with E-state index in [9.17, 15) is 14.7 Å². The van der Waals surface area contributed by atoms with Crippen LogP contribution in [0.2, 0.25) is 5.02 Å². The Hall–Kier alpha value is -2.37. The number of aromatic nitrogens is 1. The number of amides is 1. The molecular weight excluding hydrogens is 352 g/mol. The van der Waals surface area contributed by atoms with E-state index in [0.717, 1.165) is 16.8 Å². The number of aliphatic hydroxyl groups excluding tert-OH is 1. The third kappa shape index (κ3) is 3.59. The van der Waals surface area contributed by atoms with Crippen LogP contribution >= 0.6 is 11.6 Å². The smallest absolute Gasteiger partial charge is 0.257 e. The van der Waals surface area contributed by atoms with Crippen LogP contribution in [0.25, 0.3) is 5.57 Å². The van der Waals surface area contributed by atoms with Gasteiger partial charge >= 0.3 is 0 Å². The molecule has 0 radical (unpaired) electrons. The number of hydrogen-bond acceptors (Lipinski definition) is 3. The van der Waals surface area contributed by atoms with Crippen LogP contribution in [0.3, 0.4) is 0 Å². The highest BCUT2D eigenvalue weighted by Crippen LogP contribution is 2.33. The standard InChI is InChI=1S/C20H21ClN2O3/c1-12-7-20(2,11-24)8-15-17(12)22-10-16(18(15)25)19(26)23-9-13-3-5-14(21)6-4-13/h3-7,10,24H,8-9,11H2,1-2H3,(H,22,25)(H,23,26). The number of pyridine rings is 1. The number of fused-ring (bicyclic) bond motifs is 1. The van der Waals surface area contributed by atoms with Crippen LogP contribution in [0.15, 0.2) is 41.3 Å². The maximum absolute atomic E-state index is 12.9. The van der Waals surface area contributed by atoms with Gasteiger partial charge in [0.25, 0.3) is 5.91 Å². The Morgan fingerprint density at radius 1 is 1.35 bits per heavy atom. The Bertz CT molecular complexity index is 931. The molecule has 26 heavy (non-hydrogen) atoms. The maximum atomic E-state index is 12.9. The van der Waals surface area contributed by atoms with Gasteiger partial charge in [0.05, 0.1) is 6.61 Å². The number of carbonyl (C=O) groups is 1. The SMILES string of the molecule is CC1=CC(C)(CO)Cc2c1[nH]cc(C(=O)NCc1ccc(Cl)cc1)c2=O. The van der Waals surface area contributed by atoms with E-state index in [-0.39, 0.29) is 17.6 Å². The fraction of sp³-hybridized carbons (Fsp3) is 0.300. The number of rotatable bonds is 4. The van der Waals surface area contributed by atoms with Crippen molar-refractivity contribution in [2.75, 3.05) is 6.61 Å². The molecule has 1 unspecified atom stereocenters. The number of nitrogens with one attached hydrogen (secondary N) is 2. The van der Waals surface area contributed by atoms with E-state index in [0.29, 0.717) is 23.6 Å². The summed E-state index contributed by atoms with van der Waals surface area (Å²) in [5.74, 6) is -0.429. The van der Waals surface area contributed by atoms with Crippen molar-refractivity contribution in [2.24, 2.45) is 5.41 Å². The molecule has 136 valence electrons. The number of halogens is 1. The van der Waals surface area contributed by atoms with Gasteiger partial charge in [-0.05, 0) is 36.6 Å². The molecule has 0 aliphatic heterocycles. The van der Waals surface area contributed by atoms with Gasteiger partial charge < -0.3 is 15.4 Å². The highest BCUT2D eigenvalue weighted by atomic mass is 35.5. The Morgan fingerprint density at radius 2 is 2.04 bits per heavy atom. The number of carbonyl (C=O) groups excluding carboxylic acids is 1. The summed E-state index contributed by atoms with van der Waals surface area (Å²) in [5, 5.41) is 13.0. The third-order valence-corrected chi connectivity index (χ3v) is 4.95. The van der Waals surface area contributed by atoms with E-state index in [2.05, 4.69) is 10.3 Å². The molecule has 1 heterocycles. The van der Waals surface area contributed by atoms with Crippen LogP contribution in [0.1, 0.15) is 41.0 Å². The predicted molar refractivity (Wildman–Crippen MR) is 102 cm³/mol. The molecule has 0 bridgehead atoms. The Kier molecular flexibility index (Phi) is 5.03. The lowest BCUT2D eigenvalue weighted by Crippen LogP contribution is -2.35. The van der Waals surface area contributed by atoms with Crippen LogP contribution < -0.4 is 10.7 Å². The van der Waals surface area contributed by atoms with Crippen molar-refractivity contribution in [1.29, 1.82) is 0 Å². The summed E-state index contributed by atoms with van der Waals surface area (Å²) < 4.78 is 0. The summed E-state index contributed by atoms with van der Waals surface area (Å²) in [4.78, 5) is 28.4. The molecule has 0 saturated carbocycles. The zero-order valence-corrected chi connectivity index (χ0v) is 15.5. The largest absolute Gasteiger partial charge is 0.395 e. The monoisotopic (exact) mass is 372 g/mol. The van der Waals surface area contributed by atoms with Crippen LogP contribution in [0, 0.1) is 5.41 Å². The first kappa shape index (κ1) is 18.4. The first-order valence-corrected chi connectivity index (χ1v) is 8.79. The van der Waals surface area contributed by atoms with E-state index >= 15 is 0 Å². The van der Waals surface area contributed by atoms with Crippen molar-refractivity contribution < 1.29 is 9.90 Å². The maximum Gasteiger partial charge on any atom is 0.257 e. The summed E-state index contributed by atoms with van der Waals surface area (Å²) in [5.41, 5.74) is 2.35. The molecule has 3 rings (SSSR count). The first-order chi connectivity index (χ1) is 12.3. The average Bonchev–Trinajstić information content (AvgIpc) is 2.62.